The molecule has 0 aliphatic carbocycles. The van der Waals surface area contributed by atoms with Gasteiger partial charge in [0.1, 0.15) is 22.6 Å². The molecule has 0 bridgehead atoms. The van der Waals surface area contributed by atoms with Crippen LogP contribution in [0.1, 0.15) is 22.8 Å². The van der Waals surface area contributed by atoms with Gasteiger partial charge in [0, 0.05) is 11.4 Å². The van der Waals surface area contributed by atoms with Gasteiger partial charge in [-0.25, -0.2) is 9.97 Å². The number of ether oxygens (including phenoxy) is 1. The van der Waals surface area contributed by atoms with E-state index in [0.29, 0.717) is 29.0 Å². The number of nitrogen functional groups attached to an aromatic ring is 1. The lowest BCUT2D eigenvalue weighted by Gasteiger charge is -2.09. The topological polar surface area (TPSA) is 95.1 Å². The number of amides is 1. The van der Waals surface area contributed by atoms with Crippen LogP contribution in [0.25, 0.3) is 27.9 Å². The second-order valence-electron chi connectivity index (χ2n) is 7.73. The van der Waals surface area contributed by atoms with E-state index in [4.69, 9.17) is 20.4 Å². The number of fused-ring (bicyclic) bond motifs is 2. The number of benzene rings is 3. The van der Waals surface area contributed by atoms with E-state index in [1.165, 1.54) is 0 Å². The molecule has 3 aromatic carbocycles. The number of anilines is 2. The Labute approximate surface area is 190 Å². The molecule has 33 heavy (non-hydrogen) atoms. The molecule has 5 rings (SSSR count). The summed E-state index contributed by atoms with van der Waals surface area (Å²) in [5.41, 5.74) is 11.8. The van der Waals surface area contributed by atoms with Crippen LogP contribution >= 0.6 is 0 Å². The van der Waals surface area contributed by atoms with Crippen LogP contribution in [0, 0.1) is 6.92 Å². The summed E-state index contributed by atoms with van der Waals surface area (Å²) in [5, 5.41) is 2.93. The van der Waals surface area contributed by atoms with Crippen molar-refractivity contribution in [3.05, 3.63) is 83.9 Å². The van der Waals surface area contributed by atoms with Crippen LogP contribution < -0.4 is 15.8 Å². The normalized spacial score (nSPS) is 11.1. The van der Waals surface area contributed by atoms with Gasteiger partial charge in [-0.2, -0.15) is 0 Å². The standard InChI is InChI=1S/C26H23N5O2/c1-3-33-19-14-10-17(11-15-19)28-26(32)22-23-25(30-21-7-5-4-6-20(21)29-23)31(24(22)27)18-12-8-16(2)9-13-18/h4-15H,3,27H2,1-2H3,(H,28,32). The summed E-state index contributed by atoms with van der Waals surface area (Å²) in [7, 11) is 0. The number of carbonyl (C=O) groups excluding carboxylic acids is 1. The van der Waals surface area contributed by atoms with Crippen molar-refractivity contribution in [2.45, 2.75) is 13.8 Å². The van der Waals surface area contributed by atoms with E-state index < -0.39 is 0 Å². The summed E-state index contributed by atoms with van der Waals surface area (Å²) >= 11 is 0. The number of nitrogens with two attached hydrogens (primary N) is 1. The monoisotopic (exact) mass is 437 g/mol. The molecular formula is C26H23N5O2. The molecule has 0 unspecified atom stereocenters. The van der Waals surface area contributed by atoms with E-state index >= 15 is 0 Å². The zero-order valence-electron chi connectivity index (χ0n) is 18.4. The maximum Gasteiger partial charge on any atom is 0.261 e. The minimum Gasteiger partial charge on any atom is -0.494 e. The Bertz CT molecular complexity index is 1470. The predicted octanol–water partition coefficient (Wildman–Crippen LogP) is 5.12. The Hall–Kier alpha value is -4.39. The first-order valence-electron chi connectivity index (χ1n) is 10.7. The molecule has 3 N–H and O–H groups in total. The SMILES string of the molecule is CCOc1ccc(NC(=O)c2c(N)n(-c3ccc(C)cc3)c3nc4ccccc4nc23)cc1. The van der Waals surface area contributed by atoms with E-state index in [1.807, 2.05) is 74.5 Å². The van der Waals surface area contributed by atoms with Crippen molar-refractivity contribution in [3.8, 4) is 11.4 Å². The first-order chi connectivity index (χ1) is 16.0. The summed E-state index contributed by atoms with van der Waals surface area (Å²) in [6.07, 6.45) is 0. The molecule has 0 fully saturated rings. The van der Waals surface area contributed by atoms with E-state index in [0.717, 1.165) is 22.5 Å². The van der Waals surface area contributed by atoms with Crippen LogP contribution in [0.15, 0.2) is 72.8 Å². The van der Waals surface area contributed by atoms with Crippen LogP contribution in [-0.2, 0) is 0 Å². The Morgan fingerprint density at radius 3 is 2.30 bits per heavy atom. The lowest BCUT2D eigenvalue weighted by molar-refractivity contribution is 0.102. The number of para-hydroxylation sites is 2. The van der Waals surface area contributed by atoms with Crippen molar-refractivity contribution in [2.75, 3.05) is 17.7 Å². The summed E-state index contributed by atoms with van der Waals surface area (Å²) in [6.45, 7) is 4.52. The fourth-order valence-electron chi connectivity index (χ4n) is 3.84. The molecule has 2 heterocycles. The Kier molecular flexibility index (Phi) is 5.14. The zero-order valence-corrected chi connectivity index (χ0v) is 18.4. The highest BCUT2D eigenvalue weighted by atomic mass is 16.5. The van der Waals surface area contributed by atoms with Gasteiger partial charge in [-0.1, -0.05) is 29.8 Å². The molecule has 0 aliphatic heterocycles. The maximum absolute atomic E-state index is 13.4. The van der Waals surface area contributed by atoms with Crippen LogP contribution in [0.2, 0.25) is 0 Å². The molecule has 0 atom stereocenters. The maximum atomic E-state index is 13.4. The van der Waals surface area contributed by atoms with Crippen molar-refractivity contribution in [1.82, 2.24) is 14.5 Å². The summed E-state index contributed by atoms with van der Waals surface area (Å²) < 4.78 is 7.25. The van der Waals surface area contributed by atoms with Crippen molar-refractivity contribution in [2.24, 2.45) is 0 Å². The van der Waals surface area contributed by atoms with E-state index in [9.17, 15) is 4.79 Å². The number of nitrogens with zero attached hydrogens (tertiary/aromatic N) is 3. The van der Waals surface area contributed by atoms with Gasteiger partial charge in [0.15, 0.2) is 5.65 Å². The van der Waals surface area contributed by atoms with Gasteiger partial charge in [0.05, 0.1) is 17.6 Å². The van der Waals surface area contributed by atoms with Gasteiger partial charge >= 0.3 is 0 Å². The van der Waals surface area contributed by atoms with Gasteiger partial charge in [-0.05, 0) is 62.4 Å². The zero-order chi connectivity index (χ0) is 22.9. The Balaban J connectivity index is 1.65. The number of rotatable bonds is 5. The van der Waals surface area contributed by atoms with Gasteiger partial charge in [0.25, 0.3) is 5.91 Å². The second kappa shape index (κ2) is 8.27. The molecule has 7 nitrogen and oxygen atoms in total. The molecule has 0 saturated carbocycles. The van der Waals surface area contributed by atoms with Gasteiger partial charge in [-0.15, -0.1) is 0 Å². The third-order valence-electron chi connectivity index (χ3n) is 5.44. The minimum atomic E-state index is -0.350. The first kappa shape index (κ1) is 20.5. The van der Waals surface area contributed by atoms with Crippen molar-refractivity contribution in [1.29, 1.82) is 0 Å². The lowest BCUT2D eigenvalue weighted by atomic mass is 10.2. The van der Waals surface area contributed by atoms with Crippen molar-refractivity contribution < 1.29 is 9.53 Å². The van der Waals surface area contributed by atoms with Gasteiger partial charge in [-0.3, -0.25) is 9.36 Å². The average molecular weight is 438 g/mol. The number of hydrogen-bond donors (Lipinski definition) is 2. The number of hydrogen-bond acceptors (Lipinski definition) is 5. The third kappa shape index (κ3) is 3.74. The van der Waals surface area contributed by atoms with Crippen LogP contribution in [-0.4, -0.2) is 27.0 Å². The van der Waals surface area contributed by atoms with Gasteiger partial charge in [0.2, 0.25) is 0 Å². The Morgan fingerprint density at radius 2 is 1.64 bits per heavy atom. The minimum absolute atomic E-state index is 0.285. The molecule has 7 heteroatoms. The molecule has 0 aliphatic rings. The lowest BCUT2D eigenvalue weighted by Crippen LogP contribution is -2.14. The highest BCUT2D eigenvalue weighted by Gasteiger charge is 2.25. The average Bonchev–Trinajstić information content (AvgIpc) is 3.10. The quantitative estimate of drug-likeness (QED) is 0.398. The van der Waals surface area contributed by atoms with E-state index in [-0.39, 0.29) is 17.3 Å². The Morgan fingerprint density at radius 1 is 0.970 bits per heavy atom. The van der Waals surface area contributed by atoms with Gasteiger partial charge < -0.3 is 15.8 Å². The third-order valence-corrected chi connectivity index (χ3v) is 5.44. The molecule has 1 amide bonds. The number of nitrogens with one attached hydrogen (secondary N) is 1. The molecule has 0 spiro atoms. The number of aryl methyl sites for hydroxylation is 1. The fourth-order valence-corrected chi connectivity index (χ4v) is 3.84. The molecule has 5 aromatic rings. The van der Waals surface area contributed by atoms with Crippen LogP contribution in [0.4, 0.5) is 11.5 Å². The highest BCUT2D eigenvalue weighted by molar-refractivity contribution is 6.16. The van der Waals surface area contributed by atoms with Crippen LogP contribution in [0.5, 0.6) is 5.75 Å². The highest BCUT2D eigenvalue weighted by Crippen LogP contribution is 2.31. The predicted molar refractivity (Wildman–Crippen MR) is 131 cm³/mol. The summed E-state index contributed by atoms with van der Waals surface area (Å²) in [4.78, 5) is 23.0. The number of aromatic nitrogens is 3. The largest absolute Gasteiger partial charge is 0.494 e. The van der Waals surface area contributed by atoms with E-state index in [2.05, 4.69) is 5.32 Å². The smallest absolute Gasteiger partial charge is 0.261 e. The van der Waals surface area contributed by atoms with Crippen molar-refractivity contribution >= 4 is 39.6 Å². The number of carbonyl (C=O) groups is 1. The molecule has 164 valence electrons. The second-order valence-corrected chi connectivity index (χ2v) is 7.73. The fraction of sp³-hybridized carbons (Fsp3) is 0.115. The first-order valence-corrected chi connectivity index (χ1v) is 10.7. The summed E-state index contributed by atoms with van der Waals surface area (Å²) in [6, 6.07) is 22.7. The molecule has 0 saturated heterocycles. The van der Waals surface area contributed by atoms with Crippen molar-refractivity contribution in [3.63, 3.8) is 0 Å². The molecule has 0 radical (unpaired) electrons. The van der Waals surface area contributed by atoms with Crippen LogP contribution in [0.3, 0.4) is 0 Å². The molecule has 2 aromatic heterocycles. The van der Waals surface area contributed by atoms with E-state index in [1.54, 1.807) is 16.7 Å². The summed E-state index contributed by atoms with van der Waals surface area (Å²) in [5.74, 6) is 0.674. The molecular weight excluding hydrogens is 414 g/mol.